The van der Waals surface area contributed by atoms with Crippen molar-refractivity contribution >= 4 is 15.9 Å². The van der Waals surface area contributed by atoms with E-state index in [1.165, 1.54) is 12.8 Å². The summed E-state index contributed by atoms with van der Waals surface area (Å²) in [5.41, 5.74) is 0. The highest BCUT2D eigenvalue weighted by Crippen LogP contribution is 2.32. The minimum Gasteiger partial charge on any atom is -0.359 e. The Labute approximate surface area is 69.5 Å². The van der Waals surface area contributed by atoms with Gasteiger partial charge in [-0.15, -0.1) is 0 Å². The molecule has 54 valence electrons. The normalized spacial score (nSPS) is 31.3. The molecule has 0 N–H and O–H groups in total. The lowest BCUT2D eigenvalue weighted by Gasteiger charge is -2.25. The maximum absolute atomic E-state index is 3.58. The molecule has 1 fully saturated rings. The van der Waals surface area contributed by atoms with E-state index in [1.54, 1.807) is 0 Å². The first kappa shape index (κ1) is 6.47. The molecule has 2 rings (SSSR count). The monoisotopic (exact) mass is 199 g/mol. The van der Waals surface area contributed by atoms with E-state index in [4.69, 9.17) is 0 Å². The summed E-state index contributed by atoms with van der Waals surface area (Å²) in [5.74, 6) is 0. The Bertz CT molecular complexity index is 182. The summed E-state index contributed by atoms with van der Waals surface area (Å²) in [7, 11) is 0. The molecule has 1 heterocycles. The van der Waals surface area contributed by atoms with E-state index in [0.717, 1.165) is 6.04 Å². The fourth-order valence-electron chi connectivity index (χ4n) is 1.18. The molecule has 0 amide bonds. The average Bonchev–Trinajstić information content (AvgIpc) is 2.71. The number of rotatable bonds is 1. The van der Waals surface area contributed by atoms with Gasteiger partial charge in [-0.2, -0.15) is 0 Å². The minimum absolute atomic E-state index is 0.435. The topological polar surface area (TPSA) is 3.24 Å². The van der Waals surface area contributed by atoms with Crippen LogP contribution in [-0.2, 0) is 0 Å². The maximum Gasteiger partial charge on any atom is 0.103 e. The molecule has 2 heteroatoms. The van der Waals surface area contributed by atoms with Crippen LogP contribution in [0.4, 0.5) is 0 Å². The molecule has 0 aromatic rings. The van der Waals surface area contributed by atoms with Crippen LogP contribution in [-0.4, -0.2) is 15.9 Å². The third kappa shape index (κ3) is 1.12. The van der Waals surface area contributed by atoms with Crippen LogP contribution in [0.1, 0.15) is 12.8 Å². The van der Waals surface area contributed by atoms with Gasteiger partial charge in [0.05, 0.1) is 0 Å². The van der Waals surface area contributed by atoms with Crippen LogP contribution in [0, 0.1) is 0 Å². The van der Waals surface area contributed by atoms with E-state index < -0.39 is 0 Å². The van der Waals surface area contributed by atoms with Crippen molar-refractivity contribution in [1.82, 2.24) is 4.90 Å². The molecule has 1 nitrogen and oxygen atoms in total. The molecule has 1 aliphatic heterocycles. The molecule has 0 bridgehead atoms. The van der Waals surface area contributed by atoms with Crippen molar-refractivity contribution in [1.29, 1.82) is 0 Å². The summed E-state index contributed by atoms with van der Waals surface area (Å²) in [6.45, 7) is 0. The molecule has 0 aromatic carbocycles. The van der Waals surface area contributed by atoms with Crippen LogP contribution < -0.4 is 0 Å². The third-order valence-corrected chi connectivity index (χ3v) is 2.67. The standard InChI is InChI=1S/C8H10BrN/c9-8-3-1-2-6-10(8)7-4-5-7/h1-3,6-8H,4-5H2. The van der Waals surface area contributed by atoms with Crippen molar-refractivity contribution in [3.63, 3.8) is 0 Å². The van der Waals surface area contributed by atoms with E-state index >= 15 is 0 Å². The molecular formula is C8H10BrN. The van der Waals surface area contributed by atoms with Crippen molar-refractivity contribution in [2.75, 3.05) is 0 Å². The van der Waals surface area contributed by atoms with Gasteiger partial charge >= 0.3 is 0 Å². The highest BCUT2D eigenvalue weighted by Gasteiger charge is 2.30. The molecule has 1 unspecified atom stereocenters. The molecule has 2 aliphatic rings. The van der Waals surface area contributed by atoms with Crippen molar-refractivity contribution in [2.45, 2.75) is 23.8 Å². The Morgan fingerprint density at radius 2 is 2.10 bits per heavy atom. The number of halogens is 1. The van der Waals surface area contributed by atoms with Gasteiger partial charge in [0.2, 0.25) is 0 Å². The van der Waals surface area contributed by atoms with Crippen molar-refractivity contribution in [3.8, 4) is 0 Å². The minimum atomic E-state index is 0.435. The third-order valence-electron chi connectivity index (χ3n) is 1.89. The van der Waals surface area contributed by atoms with Crippen LogP contribution >= 0.6 is 15.9 Å². The Balaban J connectivity index is 2.06. The largest absolute Gasteiger partial charge is 0.359 e. The summed E-state index contributed by atoms with van der Waals surface area (Å²) >= 11 is 3.58. The Kier molecular flexibility index (Phi) is 1.57. The van der Waals surface area contributed by atoms with Crippen molar-refractivity contribution in [3.05, 3.63) is 24.4 Å². The van der Waals surface area contributed by atoms with Crippen molar-refractivity contribution < 1.29 is 0 Å². The van der Waals surface area contributed by atoms with Gasteiger partial charge < -0.3 is 4.90 Å². The highest BCUT2D eigenvalue weighted by molar-refractivity contribution is 9.09. The van der Waals surface area contributed by atoms with E-state index in [2.05, 4.69) is 45.3 Å². The Morgan fingerprint density at radius 3 is 2.70 bits per heavy atom. The van der Waals surface area contributed by atoms with Crippen LogP contribution in [0.5, 0.6) is 0 Å². The van der Waals surface area contributed by atoms with Gasteiger partial charge in [0.15, 0.2) is 0 Å². The molecule has 0 radical (unpaired) electrons. The van der Waals surface area contributed by atoms with Gasteiger partial charge in [0.25, 0.3) is 0 Å². The number of hydrogen-bond acceptors (Lipinski definition) is 1. The van der Waals surface area contributed by atoms with E-state index in [1.807, 2.05) is 0 Å². The molecule has 0 saturated heterocycles. The molecule has 0 aromatic heterocycles. The summed E-state index contributed by atoms with van der Waals surface area (Å²) in [4.78, 5) is 2.80. The lowest BCUT2D eigenvalue weighted by Crippen LogP contribution is -2.27. The number of hydrogen-bond donors (Lipinski definition) is 0. The summed E-state index contributed by atoms with van der Waals surface area (Å²) < 4.78 is 0. The van der Waals surface area contributed by atoms with Crippen molar-refractivity contribution in [2.24, 2.45) is 0 Å². The lowest BCUT2D eigenvalue weighted by molar-refractivity contribution is 0.382. The van der Waals surface area contributed by atoms with Gasteiger partial charge in [-0.05, 0) is 18.9 Å². The molecule has 10 heavy (non-hydrogen) atoms. The molecular weight excluding hydrogens is 190 g/mol. The summed E-state index contributed by atoms with van der Waals surface area (Å²) in [6.07, 6.45) is 11.2. The zero-order valence-electron chi connectivity index (χ0n) is 5.70. The Morgan fingerprint density at radius 1 is 1.30 bits per heavy atom. The second-order valence-electron chi connectivity index (χ2n) is 2.78. The number of allylic oxidation sites excluding steroid dienone is 2. The maximum atomic E-state index is 3.58. The zero-order valence-corrected chi connectivity index (χ0v) is 7.29. The SMILES string of the molecule is BrC1C=CC=CN1C1CC1. The predicted octanol–water partition coefficient (Wildman–Crippen LogP) is 2.26. The highest BCUT2D eigenvalue weighted by atomic mass is 79.9. The molecule has 1 saturated carbocycles. The first-order valence-electron chi connectivity index (χ1n) is 3.64. The van der Waals surface area contributed by atoms with Gasteiger partial charge in [-0.3, -0.25) is 0 Å². The fraction of sp³-hybridized carbons (Fsp3) is 0.500. The first-order valence-corrected chi connectivity index (χ1v) is 4.56. The summed E-state index contributed by atoms with van der Waals surface area (Å²) in [6, 6.07) is 0.811. The zero-order chi connectivity index (χ0) is 6.97. The Hall–Kier alpha value is -0.240. The van der Waals surface area contributed by atoms with Gasteiger partial charge in [-0.1, -0.05) is 28.1 Å². The second kappa shape index (κ2) is 2.42. The number of alkyl halides is 1. The van der Waals surface area contributed by atoms with E-state index in [0.29, 0.717) is 4.95 Å². The van der Waals surface area contributed by atoms with Gasteiger partial charge in [-0.25, -0.2) is 0 Å². The van der Waals surface area contributed by atoms with Crippen LogP contribution in [0.2, 0.25) is 0 Å². The molecule has 1 aliphatic carbocycles. The van der Waals surface area contributed by atoms with Crippen LogP contribution in [0.15, 0.2) is 24.4 Å². The quantitative estimate of drug-likeness (QED) is 0.463. The molecule has 1 atom stereocenters. The van der Waals surface area contributed by atoms with Gasteiger partial charge in [0.1, 0.15) is 4.95 Å². The van der Waals surface area contributed by atoms with Crippen LogP contribution in [0.3, 0.4) is 0 Å². The second-order valence-corrected chi connectivity index (χ2v) is 3.72. The van der Waals surface area contributed by atoms with E-state index in [-0.39, 0.29) is 0 Å². The smallest absolute Gasteiger partial charge is 0.103 e. The van der Waals surface area contributed by atoms with Crippen LogP contribution in [0.25, 0.3) is 0 Å². The fourth-order valence-corrected chi connectivity index (χ4v) is 1.83. The predicted molar refractivity (Wildman–Crippen MR) is 45.9 cm³/mol. The number of nitrogens with zero attached hydrogens (tertiary/aromatic N) is 1. The first-order chi connectivity index (χ1) is 4.88. The summed E-state index contributed by atoms with van der Waals surface area (Å²) in [5, 5.41) is 0. The lowest BCUT2D eigenvalue weighted by atomic mass is 10.3. The average molecular weight is 200 g/mol. The van der Waals surface area contributed by atoms with E-state index in [9.17, 15) is 0 Å². The molecule has 0 spiro atoms. The van der Waals surface area contributed by atoms with Gasteiger partial charge in [0, 0.05) is 12.2 Å².